The Kier molecular flexibility index (Phi) is 2.76. The van der Waals surface area contributed by atoms with Crippen LogP contribution in [0.2, 0.25) is 0 Å². The molecule has 0 fully saturated rings. The fourth-order valence-electron chi connectivity index (χ4n) is 3.00. The van der Waals surface area contributed by atoms with E-state index in [4.69, 9.17) is 9.97 Å². The Hall–Kier alpha value is -3.40. The van der Waals surface area contributed by atoms with Gasteiger partial charge < -0.3 is 0 Å². The highest BCUT2D eigenvalue weighted by Crippen LogP contribution is 2.07. The summed E-state index contributed by atoms with van der Waals surface area (Å²) in [5.74, 6) is 0. The van der Waals surface area contributed by atoms with Crippen molar-refractivity contribution >= 4 is 34.2 Å². The van der Waals surface area contributed by atoms with Gasteiger partial charge in [0.1, 0.15) is 0 Å². The molecule has 1 aliphatic rings. The molecular weight excluding hydrogens is 296 g/mol. The first-order chi connectivity index (χ1) is 11.9. The average molecular weight is 308 g/mol. The van der Waals surface area contributed by atoms with Crippen molar-refractivity contribution in [1.29, 1.82) is 0 Å². The lowest BCUT2D eigenvalue weighted by Crippen LogP contribution is -2.15. The SMILES string of the molecule is C1=C\C=c2\cc3cccnc3n\c2=c2/nc3ncccc3c/c2=C/1. The quantitative estimate of drug-likeness (QED) is 0.498. The van der Waals surface area contributed by atoms with Crippen molar-refractivity contribution in [3.05, 3.63) is 82.1 Å². The standard InChI is InChI=1S/C20H12N4/c1-2-6-14-12-16-8-4-10-22-20(16)24-18(14)17-13(5-1)11-15-7-3-9-21-19(15)23-17/h1-12H/b2-1-,5-1?,6-2?,13-5-,14-6-,18-17-. The number of aromatic nitrogens is 4. The van der Waals surface area contributed by atoms with Crippen LogP contribution in [-0.2, 0) is 0 Å². The molecule has 5 rings (SSSR count). The summed E-state index contributed by atoms with van der Waals surface area (Å²) in [4.78, 5) is 18.3. The van der Waals surface area contributed by atoms with Gasteiger partial charge in [0.05, 0.1) is 10.7 Å². The van der Waals surface area contributed by atoms with Crippen LogP contribution in [0, 0.1) is 10.7 Å². The van der Waals surface area contributed by atoms with Crippen LogP contribution in [0.4, 0.5) is 0 Å². The molecule has 4 heterocycles. The van der Waals surface area contributed by atoms with Gasteiger partial charge in [-0.2, -0.15) is 0 Å². The molecule has 4 aromatic rings. The minimum Gasteiger partial charge on any atom is -0.237 e. The van der Waals surface area contributed by atoms with E-state index in [9.17, 15) is 0 Å². The van der Waals surface area contributed by atoms with Crippen LogP contribution in [0.1, 0.15) is 0 Å². The molecule has 24 heavy (non-hydrogen) atoms. The molecule has 1 aliphatic carbocycles. The predicted octanol–water partition coefficient (Wildman–Crippen LogP) is 1.99. The van der Waals surface area contributed by atoms with Gasteiger partial charge in [-0.3, -0.25) is 0 Å². The highest BCUT2D eigenvalue weighted by Gasteiger charge is 2.02. The van der Waals surface area contributed by atoms with Crippen molar-refractivity contribution in [2.75, 3.05) is 0 Å². The second-order valence-corrected chi connectivity index (χ2v) is 5.67. The fraction of sp³-hybridized carbons (Fsp3) is 0. The number of allylic oxidation sites excluding steroid dienone is 2. The lowest BCUT2D eigenvalue weighted by molar-refractivity contribution is 1.13. The van der Waals surface area contributed by atoms with Gasteiger partial charge in [0.25, 0.3) is 0 Å². The zero-order chi connectivity index (χ0) is 15.9. The van der Waals surface area contributed by atoms with E-state index in [2.05, 4.69) is 34.3 Å². The molecule has 0 unspecified atom stereocenters. The summed E-state index contributed by atoms with van der Waals surface area (Å²) in [7, 11) is 0. The van der Waals surface area contributed by atoms with Crippen molar-refractivity contribution in [3.8, 4) is 0 Å². The number of nitrogens with zero attached hydrogens (tertiary/aromatic N) is 4. The van der Waals surface area contributed by atoms with Crippen molar-refractivity contribution < 1.29 is 0 Å². The summed E-state index contributed by atoms with van der Waals surface area (Å²) >= 11 is 0. The van der Waals surface area contributed by atoms with E-state index in [-0.39, 0.29) is 0 Å². The fourth-order valence-corrected chi connectivity index (χ4v) is 3.00. The molecule has 0 N–H and O–H groups in total. The maximum absolute atomic E-state index is 4.78. The lowest BCUT2D eigenvalue weighted by Gasteiger charge is -2.01. The first-order valence-electron chi connectivity index (χ1n) is 7.75. The first-order valence-corrected chi connectivity index (χ1v) is 7.75. The van der Waals surface area contributed by atoms with Gasteiger partial charge in [-0.1, -0.05) is 24.3 Å². The molecule has 0 radical (unpaired) electrons. The van der Waals surface area contributed by atoms with E-state index in [0.717, 1.165) is 43.2 Å². The minimum atomic E-state index is 0.725. The minimum absolute atomic E-state index is 0.725. The molecule has 4 heteroatoms. The first kappa shape index (κ1) is 13.1. The summed E-state index contributed by atoms with van der Waals surface area (Å²) < 4.78 is 0. The molecule has 0 atom stereocenters. The molecule has 4 aromatic heterocycles. The third-order valence-corrected chi connectivity index (χ3v) is 4.13. The van der Waals surface area contributed by atoms with E-state index < -0.39 is 0 Å². The maximum Gasteiger partial charge on any atom is 0.159 e. The molecule has 0 aliphatic heterocycles. The van der Waals surface area contributed by atoms with Gasteiger partial charge in [0.15, 0.2) is 11.3 Å². The predicted molar refractivity (Wildman–Crippen MR) is 94.1 cm³/mol. The second kappa shape index (κ2) is 5.06. The van der Waals surface area contributed by atoms with Crippen molar-refractivity contribution in [3.63, 3.8) is 0 Å². The summed E-state index contributed by atoms with van der Waals surface area (Å²) in [5, 5.41) is 5.78. The molecular formula is C20H12N4. The largest absolute Gasteiger partial charge is 0.237 e. The molecule has 112 valence electrons. The Morgan fingerprint density at radius 2 is 1.12 bits per heavy atom. The second-order valence-electron chi connectivity index (χ2n) is 5.67. The maximum atomic E-state index is 4.78. The van der Waals surface area contributed by atoms with Crippen LogP contribution in [0.25, 0.3) is 34.2 Å². The lowest BCUT2D eigenvalue weighted by atomic mass is 10.1. The van der Waals surface area contributed by atoms with Crippen molar-refractivity contribution in [1.82, 2.24) is 19.9 Å². The number of pyridine rings is 4. The van der Waals surface area contributed by atoms with Gasteiger partial charge in [0, 0.05) is 33.6 Å². The molecule has 0 saturated carbocycles. The summed E-state index contributed by atoms with van der Waals surface area (Å²) in [6.07, 6.45) is 11.7. The number of fused-ring (bicyclic) bond motifs is 4. The Labute approximate surface area is 136 Å². The van der Waals surface area contributed by atoms with Crippen LogP contribution >= 0.6 is 0 Å². The molecule has 0 aromatic carbocycles. The van der Waals surface area contributed by atoms with Crippen LogP contribution in [0.3, 0.4) is 0 Å². The Morgan fingerprint density at radius 3 is 1.62 bits per heavy atom. The van der Waals surface area contributed by atoms with Crippen LogP contribution in [-0.4, -0.2) is 19.9 Å². The van der Waals surface area contributed by atoms with Gasteiger partial charge >= 0.3 is 0 Å². The summed E-state index contributed by atoms with van der Waals surface area (Å²) in [6, 6.07) is 12.1. The van der Waals surface area contributed by atoms with Gasteiger partial charge in [-0.25, -0.2) is 19.9 Å². The molecule has 0 spiro atoms. The molecule has 0 amide bonds. The zero-order valence-electron chi connectivity index (χ0n) is 12.7. The molecule has 0 saturated heterocycles. The van der Waals surface area contributed by atoms with Crippen LogP contribution in [0.5, 0.6) is 0 Å². The molecule has 4 nitrogen and oxygen atoms in total. The van der Waals surface area contributed by atoms with E-state index in [0.29, 0.717) is 0 Å². The van der Waals surface area contributed by atoms with Crippen LogP contribution < -0.4 is 10.4 Å². The van der Waals surface area contributed by atoms with Crippen LogP contribution in [0.15, 0.2) is 60.9 Å². The van der Waals surface area contributed by atoms with Gasteiger partial charge in [-0.15, -0.1) is 0 Å². The third-order valence-electron chi connectivity index (χ3n) is 4.13. The normalized spacial score (nSPS) is 18.3. The highest BCUT2D eigenvalue weighted by molar-refractivity contribution is 5.76. The smallest absolute Gasteiger partial charge is 0.159 e. The monoisotopic (exact) mass is 308 g/mol. The Bertz CT molecular complexity index is 1250. The summed E-state index contributed by atoms with van der Waals surface area (Å²) in [5.41, 5.74) is 1.45. The van der Waals surface area contributed by atoms with E-state index in [1.807, 2.05) is 36.4 Å². The average Bonchev–Trinajstić information content (AvgIpc) is 2.62. The van der Waals surface area contributed by atoms with E-state index in [1.165, 1.54) is 0 Å². The topological polar surface area (TPSA) is 51.6 Å². The number of hydrogen-bond donors (Lipinski definition) is 0. The van der Waals surface area contributed by atoms with Crippen molar-refractivity contribution in [2.45, 2.75) is 0 Å². The number of hydrogen-bond acceptors (Lipinski definition) is 4. The molecule has 0 bridgehead atoms. The van der Waals surface area contributed by atoms with Crippen molar-refractivity contribution in [2.24, 2.45) is 0 Å². The van der Waals surface area contributed by atoms with E-state index in [1.54, 1.807) is 12.4 Å². The summed E-state index contributed by atoms with van der Waals surface area (Å²) in [6.45, 7) is 0. The Morgan fingerprint density at radius 1 is 0.625 bits per heavy atom. The number of rotatable bonds is 0. The zero-order valence-corrected chi connectivity index (χ0v) is 12.7. The highest BCUT2D eigenvalue weighted by atomic mass is 14.9. The van der Waals surface area contributed by atoms with Gasteiger partial charge in [-0.05, 0) is 36.4 Å². The van der Waals surface area contributed by atoms with E-state index >= 15 is 0 Å². The third kappa shape index (κ3) is 2.01. The Balaban J connectivity index is 2.12. The van der Waals surface area contributed by atoms with Gasteiger partial charge in [0.2, 0.25) is 0 Å².